The van der Waals surface area contributed by atoms with Crippen LogP contribution in [0.5, 0.6) is 0 Å². The fourth-order valence-electron chi connectivity index (χ4n) is 1.91. The Kier molecular flexibility index (Phi) is 6.24. The number of hydrogen-bond donors (Lipinski definition) is 1. The molecule has 0 spiro atoms. The number of nitrogens with one attached hydrogen (secondary N) is 1. The van der Waals surface area contributed by atoms with Gasteiger partial charge in [-0.05, 0) is 45.9 Å². The van der Waals surface area contributed by atoms with Gasteiger partial charge in [0.15, 0.2) is 0 Å². The third-order valence-electron chi connectivity index (χ3n) is 3.09. The van der Waals surface area contributed by atoms with Crippen LogP contribution in [0.15, 0.2) is 18.7 Å². The zero-order valence-corrected chi connectivity index (χ0v) is 13.9. The summed E-state index contributed by atoms with van der Waals surface area (Å²) >= 11 is 1.91. The molecule has 1 rings (SSSR count). The summed E-state index contributed by atoms with van der Waals surface area (Å²) in [7, 11) is 0. The normalized spacial score (nSPS) is 12.1. The minimum atomic E-state index is 0.177. The molecule has 1 aromatic heterocycles. The average molecular weight is 280 g/mol. The first-order valence-corrected chi connectivity index (χ1v) is 7.84. The third-order valence-corrected chi connectivity index (χ3v) is 4.19. The van der Waals surface area contributed by atoms with E-state index in [0.717, 1.165) is 26.2 Å². The van der Waals surface area contributed by atoms with Gasteiger partial charge in [0.2, 0.25) is 0 Å². The van der Waals surface area contributed by atoms with Crippen LogP contribution in [-0.2, 0) is 13.1 Å². The van der Waals surface area contributed by atoms with Gasteiger partial charge in [0.25, 0.3) is 0 Å². The van der Waals surface area contributed by atoms with Crippen LogP contribution in [0.1, 0.15) is 43.0 Å². The number of nitrogens with zero attached hydrogens (tertiary/aromatic N) is 1. The fraction of sp³-hybridized carbons (Fsp3) is 0.625. The zero-order valence-electron chi connectivity index (χ0n) is 13.0. The predicted molar refractivity (Wildman–Crippen MR) is 86.8 cm³/mol. The smallest absolute Gasteiger partial charge is 0.0304 e. The maximum atomic E-state index is 3.83. The second-order valence-corrected chi connectivity index (χ2v) is 7.35. The molecule has 0 amide bonds. The highest BCUT2D eigenvalue weighted by atomic mass is 32.1. The topological polar surface area (TPSA) is 15.3 Å². The number of aryl methyl sites for hydroxylation is 1. The standard InChI is InChI=1S/C16H28N2S/c1-7-9-18(8-2)12-14-10-15(19-13(14)3)11-17-16(4,5)6/h7,10,17H,1,8-9,11-12H2,2-6H3. The maximum Gasteiger partial charge on any atom is 0.0304 e. The van der Waals surface area contributed by atoms with Crippen LogP contribution in [0.4, 0.5) is 0 Å². The summed E-state index contributed by atoms with van der Waals surface area (Å²) < 4.78 is 0. The Hall–Kier alpha value is -0.640. The van der Waals surface area contributed by atoms with Gasteiger partial charge < -0.3 is 5.32 Å². The highest BCUT2D eigenvalue weighted by Crippen LogP contribution is 2.23. The van der Waals surface area contributed by atoms with Crippen molar-refractivity contribution in [2.45, 2.75) is 53.2 Å². The van der Waals surface area contributed by atoms with Gasteiger partial charge in [0.05, 0.1) is 0 Å². The van der Waals surface area contributed by atoms with Gasteiger partial charge >= 0.3 is 0 Å². The molecule has 0 aliphatic heterocycles. The Morgan fingerprint density at radius 3 is 2.63 bits per heavy atom. The van der Waals surface area contributed by atoms with E-state index in [9.17, 15) is 0 Å². The Morgan fingerprint density at radius 1 is 1.42 bits per heavy atom. The summed E-state index contributed by atoms with van der Waals surface area (Å²) in [6, 6.07) is 2.35. The van der Waals surface area contributed by atoms with E-state index >= 15 is 0 Å². The Balaban J connectivity index is 2.65. The molecule has 3 heteroatoms. The molecule has 0 aliphatic rings. The predicted octanol–water partition coefficient (Wildman–Crippen LogP) is 3.95. The van der Waals surface area contributed by atoms with Gasteiger partial charge in [-0.15, -0.1) is 17.9 Å². The van der Waals surface area contributed by atoms with Gasteiger partial charge in [-0.25, -0.2) is 0 Å². The molecule has 0 saturated carbocycles. The molecule has 0 saturated heterocycles. The first kappa shape index (κ1) is 16.4. The van der Waals surface area contributed by atoms with E-state index in [1.807, 2.05) is 17.4 Å². The van der Waals surface area contributed by atoms with Crippen molar-refractivity contribution in [2.24, 2.45) is 0 Å². The second-order valence-electron chi connectivity index (χ2n) is 6.01. The lowest BCUT2D eigenvalue weighted by atomic mass is 10.1. The summed E-state index contributed by atoms with van der Waals surface area (Å²) in [6.45, 7) is 18.9. The van der Waals surface area contributed by atoms with Crippen LogP contribution in [-0.4, -0.2) is 23.5 Å². The van der Waals surface area contributed by atoms with Gasteiger partial charge in [-0.2, -0.15) is 0 Å². The van der Waals surface area contributed by atoms with Crippen molar-refractivity contribution >= 4 is 11.3 Å². The van der Waals surface area contributed by atoms with Crippen LogP contribution >= 0.6 is 11.3 Å². The molecule has 19 heavy (non-hydrogen) atoms. The third kappa shape index (κ3) is 5.89. The monoisotopic (exact) mass is 280 g/mol. The van der Waals surface area contributed by atoms with E-state index < -0.39 is 0 Å². The lowest BCUT2D eigenvalue weighted by Crippen LogP contribution is -2.34. The molecule has 1 heterocycles. The van der Waals surface area contributed by atoms with E-state index in [-0.39, 0.29) is 5.54 Å². The molecule has 0 fully saturated rings. The lowest BCUT2D eigenvalue weighted by molar-refractivity contribution is 0.311. The molecular weight excluding hydrogens is 252 g/mol. The maximum absolute atomic E-state index is 3.83. The molecule has 0 radical (unpaired) electrons. The number of rotatable bonds is 7. The van der Waals surface area contributed by atoms with E-state index in [0.29, 0.717) is 0 Å². The molecular formula is C16H28N2S. The van der Waals surface area contributed by atoms with Crippen molar-refractivity contribution in [3.8, 4) is 0 Å². The van der Waals surface area contributed by atoms with Crippen molar-refractivity contribution in [1.29, 1.82) is 0 Å². The van der Waals surface area contributed by atoms with E-state index in [2.05, 4.69) is 57.5 Å². The summed E-state index contributed by atoms with van der Waals surface area (Å²) in [5.74, 6) is 0. The first-order chi connectivity index (χ1) is 8.85. The molecule has 1 N–H and O–H groups in total. The van der Waals surface area contributed by atoms with Crippen molar-refractivity contribution < 1.29 is 0 Å². The van der Waals surface area contributed by atoms with Crippen LogP contribution in [0.2, 0.25) is 0 Å². The van der Waals surface area contributed by atoms with Crippen LogP contribution < -0.4 is 5.32 Å². The van der Waals surface area contributed by atoms with E-state index in [1.54, 1.807) is 0 Å². The summed E-state index contributed by atoms with van der Waals surface area (Å²) in [5, 5.41) is 3.55. The molecule has 108 valence electrons. The van der Waals surface area contributed by atoms with Gasteiger partial charge in [0, 0.05) is 34.9 Å². The molecule has 1 aromatic rings. The first-order valence-electron chi connectivity index (χ1n) is 7.02. The number of hydrogen-bond acceptors (Lipinski definition) is 3. The molecule has 2 nitrogen and oxygen atoms in total. The average Bonchev–Trinajstić information content (AvgIpc) is 2.66. The molecule has 0 atom stereocenters. The highest BCUT2D eigenvalue weighted by molar-refractivity contribution is 7.12. The van der Waals surface area contributed by atoms with Gasteiger partial charge in [0.1, 0.15) is 0 Å². The van der Waals surface area contributed by atoms with Crippen LogP contribution in [0.25, 0.3) is 0 Å². The summed E-state index contributed by atoms with van der Waals surface area (Å²) in [5.41, 5.74) is 1.63. The Morgan fingerprint density at radius 2 is 2.11 bits per heavy atom. The van der Waals surface area contributed by atoms with Crippen molar-refractivity contribution in [1.82, 2.24) is 10.2 Å². The SMILES string of the molecule is C=CCN(CC)Cc1cc(CNC(C)(C)C)sc1C. The summed E-state index contributed by atoms with van der Waals surface area (Å²) in [4.78, 5) is 5.27. The summed E-state index contributed by atoms with van der Waals surface area (Å²) in [6.07, 6.45) is 1.98. The van der Waals surface area contributed by atoms with Gasteiger partial charge in [-0.1, -0.05) is 13.0 Å². The second kappa shape index (κ2) is 7.22. The Bertz CT molecular complexity index is 401. The Labute approximate surface area is 122 Å². The van der Waals surface area contributed by atoms with Crippen molar-refractivity contribution in [3.05, 3.63) is 34.0 Å². The number of likely N-dealkylation sites (N-methyl/N-ethyl adjacent to an activating group) is 1. The molecule has 0 aliphatic carbocycles. The largest absolute Gasteiger partial charge is 0.307 e. The number of thiophene rings is 1. The van der Waals surface area contributed by atoms with Crippen molar-refractivity contribution in [2.75, 3.05) is 13.1 Å². The minimum absolute atomic E-state index is 0.177. The van der Waals surface area contributed by atoms with Crippen LogP contribution in [0, 0.1) is 6.92 Å². The van der Waals surface area contributed by atoms with E-state index in [1.165, 1.54) is 15.3 Å². The highest BCUT2D eigenvalue weighted by Gasteiger charge is 2.12. The lowest BCUT2D eigenvalue weighted by Gasteiger charge is -2.19. The van der Waals surface area contributed by atoms with Crippen molar-refractivity contribution in [3.63, 3.8) is 0 Å². The zero-order chi connectivity index (χ0) is 14.5. The quantitative estimate of drug-likeness (QED) is 0.761. The van der Waals surface area contributed by atoms with Crippen LogP contribution in [0.3, 0.4) is 0 Å². The van der Waals surface area contributed by atoms with Gasteiger partial charge in [-0.3, -0.25) is 4.90 Å². The molecule has 0 unspecified atom stereocenters. The molecule has 0 bridgehead atoms. The molecule has 0 aromatic carbocycles. The van der Waals surface area contributed by atoms with E-state index in [4.69, 9.17) is 0 Å². The minimum Gasteiger partial charge on any atom is -0.307 e. The fourth-order valence-corrected chi connectivity index (χ4v) is 2.91.